The molecule has 1 fully saturated rings. The van der Waals surface area contributed by atoms with Gasteiger partial charge in [0.15, 0.2) is 5.76 Å². The molecule has 0 bridgehead atoms. The number of carbonyl (C=O) groups excluding carboxylic acids is 2. The summed E-state index contributed by atoms with van der Waals surface area (Å²) in [5.41, 5.74) is 2.96. The highest BCUT2D eigenvalue weighted by atomic mass is 19.1. The number of hydrogen-bond acceptors (Lipinski definition) is 5. The molecule has 2 amide bonds. The van der Waals surface area contributed by atoms with Gasteiger partial charge in [-0.1, -0.05) is 32.0 Å². The van der Waals surface area contributed by atoms with Crippen molar-refractivity contribution in [1.29, 1.82) is 0 Å². The summed E-state index contributed by atoms with van der Waals surface area (Å²) in [6.45, 7) is 6.01. The largest absolute Gasteiger partial charge is 0.486 e. The Hall–Kier alpha value is -3.65. The highest BCUT2D eigenvalue weighted by molar-refractivity contribution is 5.91. The van der Waals surface area contributed by atoms with E-state index in [1.165, 1.54) is 12.1 Å². The number of rotatable bonds is 9. The molecule has 0 saturated carbocycles. The van der Waals surface area contributed by atoms with Gasteiger partial charge in [0.25, 0.3) is 5.91 Å². The molecule has 7 nitrogen and oxygen atoms in total. The van der Waals surface area contributed by atoms with Crippen molar-refractivity contribution in [1.82, 2.24) is 10.2 Å². The molecule has 206 valence electrons. The summed E-state index contributed by atoms with van der Waals surface area (Å²) in [6.07, 6.45) is 3.21. The number of halogens is 1. The number of fused-ring (bicyclic) bond motifs is 1. The van der Waals surface area contributed by atoms with Crippen LogP contribution >= 0.6 is 0 Å². The molecule has 2 aliphatic heterocycles. The predicted octanol–water partition coefficient (Wildman–Crippen LogP) is 5.43. The van der Waals surface area contributed by atoms with Crippen LogP contribution in [0.3, 0.4) is 0 Å². The molecular weight excluding hydrogens is 499 g/mol. The third kappa shape index (κ3) is 6.50. The molecule has 1 N–H and O–H groups in total. The molecule has 3 aromatic rings. The van der Waals surface area contributed by atoms with E-state index in [-0.39, 0.29) is 48.1 Å². The van der Waals surface area contributed by atoms with Crippen molar-refractivity contribution in [3.8, 4) is 5.75 Å². The van der Waals surface area contributed by atoms with E-state index in [4.69, 9.17) is 13.9 Å². The molecule has 1 aromatic heterocycles. The van der Waals surface area contributed by atoms with Crippen molar-refractivity contribution in [3.05, 3.63) is 88.6 Å². The SMILES string of the molecule is CC(C)CC(=O)N1CCc2ccc(OCc3ccc(C(=O)NC[C@H]4CCCO4)o3)cc2[C@H]1c1ccc(F)cc1. The fraction of sp³-hybridized carbons (Fsp3) is 0.419. The van der Waals surface area contributed by atoms with E-state index in [2.05, 4.69) is 5.32 Å². The van der Waals surface area contributed by atoms with E-state index in [9.17, 15) is 14.0 Å². The van der Waals surface area contributed by atoms with Gasteiger partial charge in [-0.25, -0.2) is 4.39 Å². The Balaban J connectivity index is 1.30. The van der Waals surface area contributed by atoms with Gasteiger partial charge in [-0.2, -0.15) is 0 Å². The molecule has 0 unspecified atom stereocenters. The standard InChI is InChI=1S/C31H35FN2O5/c1-20(2)16-29(35)34-14-13-21-7-10-24(17-27(21)30(34)22-5-8-23(32)9-6-22)38-19-26-11-12-28(39-26)31(36)33-18-25-4-3-15-37-25/h5-12,17,20,25,30H,3-4,13-16,18-19H2,1-2H3,(H,33,36)/t25-,30-/m1/s1. The first-order valence-electron chi connectivity index (χ1n) is 13.7. The van der Waals surface area contributed by atoms with Gasteiger partial charge in [0.1, 0.15) is 23.9 Å². The maximum atomic E-state index is 13.7. The molecule has 2 atom stereocenters. The van der Waals surface area contributed by atoms with E-state index in [1.54, 1.807) is 24.3 Å². The Labute approximate surface area is 228 Å². The summed E-state index contributed by atoms with van der Waals surface area (Å²) in [5, 5.41) is 2.86. The normalized spacial score (nSPS) is 18.7. The van der Waals surface area contributed by atoms with E-state index in [0.29, 0.717) is 31.0 Å². The lowest BCUT2D eigenvalue weighted by Gasteiger charge is -2.38. The molecule has 1 saturated heterocycles. The Morgan fingerprint density at radius 1 is 1.13 bits per heavy atom. The second-order valence-electron chi connectivity index (χ2n) is 10.6. The van der Waals surface area contributed by atoms with E-state index in [0.717, 1.165) is 42.6 Å². The first kappa shape index (κ1) is 26.9. The lowest BCUT2D eigenvalue weighted by molar-refractivity contribution is -0.134. The van der Waals surface area contributed by atoms with Crippen LogP contribution in [-0.2, 0) is 22.6 Å². The Morgan fingerprint density at radius 3 is 2.69 bits per heavy atom. The summed E-state index contributed by atoms with van der Waals surface area (Å²) in [6, 6.07) is 15.3. The van der Waals surface area contributed by atoms with Gasteiger partial charge in [0.2, 0.25) is 5.91 Å². The maximum absolute atomic E-state index is 13.7. The molecule has 0 radical (unpaired) electrons. The van der Waals surface area contributed by atoms with Crippen LogP contribution in [-0.4, -0.2) is 42.5 Å². The Morgan fingerprint density at radius 2 is 1.95 bits per heavy atom. The van der Waals surface area contributed by atoms with Crippen LogP contribution in [0.15, 0.2) is 59.0 Å². The summed E-state index contributed by atoms with van der Waals surface area (Å²) in [7, 11) is 0. The minimum absolute atomic E-state index is 0.0612. The summed E-state index contributed by atoms with van der Waals surface area (Å²) in [4.78, 5) is 27.5. The number of ether oxygens (including phenoxy) is 2. The van der Waals surface area contributed by atoms with E-state index < -0.39 is 0 Å². The third-order valence-electron chi connectivity index (χ3n) is 7.22. The van der Waals surface area contributed by atoms with Gasteiger partial charge in [0.05, 0.1) is 12.1 Å². The highest BCUT2D eigenvalue weighted by Crippen LogP contribution is 2.38. The molecule has 8 heteroatoms. The number of hydrogen-bond donors (Lipinski definition) is 1. The number of furan rings is 1. The lowest BCUT2D eigenvalue weighted by Crippen LogP contribution is -2.41. The fourth-order valence-corrected chi connectivity index (χ4v) is 5.25. The first-order chi connectivity index (χ1) is 18.9. The van der Waals surface area contributed by atoms with Crippen LogP contribution in [0.25, 0.3) is 0 Å². The predicted molar refractivity (Wildman–Crippen MR) is 144 cm³/mol. The van der Waals surface area contributed by atoms with Crippen molar-refractivity contribution in [2.24, 2.45) is 5.92 Å². The number of carbonyl (C=O) groups is 2. The molecule has 0 spiro atoms. The highest BCUT2D eigenvalue weighted by Gasteiger charge is 2.32. The zero-order chi connectivity index (χ0) is 27.4. The van der Waals surface area contributed by atoms with Crippen molar-refractivity contribution in [2.75, 3.05) is 19.7 Å². The zero-order valence-electron chi connectivity index (χ0n) is 22.5. The number of amides is 2. The molecular formula is C31H35FN2O5. The van der Waals surface area contributed by atoms with Crippen molar-refractivity contribution < 1.29 is 27.9 Å². The monoisotopic (exact) mass is 534 g/mol. The summed E-state index contributed by atoms with van der Waals surface area (Å²) >= 11 is 0. The fourth-order valence-electron chi connectivity index (χ4n) is 5.25. The molecule has 0 aliphatic carbocycles. The van der Waals surface area contributed by atoms with Gasteiger partial charge in [-0.05, 0) is 78.3 Å². The van der Waals surface area contributed by atoms with Gasteiger partial charge >= 0.3 is 0 Å². The minimum Gasteiger partial charge on any atom is -0.486 e. The Kier molecular flexibility index (Phi) is 8.31. The number of benzene rings is 2. The average molecular weight is 535 g/mol. The van der Waals surface area contributed by atoms with Crippen molar-refractivity contribution in [2.45, 2.75) is 58.3 Å². The quantitative estimate of drug-likeness (QED) is 0.396. The van der Waals surface area contributed by atoms with Gasteiger partial charge in [0, 0.05) is 26.1 Å². The van der Waals surface area contributed by atoms with Crippen LogP contribution in [0, 0.1) is 11.7 Å². The first-order valence-corrected chi connectivity index (χ1v) is 13.7. The summed E-state index contributed by atoms with van der Waals surface area (Å²) < 4.78 is 31.0. The number of nitrogens with one attached hydrogen (secondary N) is 1. The second-order valence-corrected chi connectivity index (χ2v) is 10.6. The average Bonchev–Trinajstić information content (AvgIpc) is 3.62. The smallest absolute Gasteiger partial charge is 0.287 e. The molecule has 2 aromatic carbocycles. The molecule has 5 rings (SSSR count). The van der Waals surface area contributed by atoms with Gasteiger partial charge < -0.3 is 24.1 Å². The zero-order valence-corrected chi connectivity index (χ0v) is 22.5. The Bertz CT molecular complexity index is 1300. The van der Waals surface area contributed by atoms with Gasteiger partial charge in [-0.3, -0.25) is 9.59 Å². The lowest BCUT2D eigenvalue weighted by atomic mass is 9.87. The van der Waals surface area contributed by atoms with Crippen molar-refractivity contribution >= 4 is 11.8 Å². The number of nitrogens with zero attached hydrogens (tertiary/aromatic N) is 1. The van der Waals surface area contributed by atoms with E-state index in [1.807, 2.05) is 36.9 Å². The second kappa shape index (κ2) is 12.0. The maximum Gasteiger partial charge on any atom is 0.287 e. The van der Waals surface area contributed by atoms with Crippen LogP contribution in [0.1, 0.15) is 72.2 Å². The van der Waals surface area contributed by atoms with Crippen LogP contribution < -0.4 is 10.1 Å². The minimum atomic E-state index is -0.327. The van der Waals surface area contributed by atoms with Crippen LogP contribution in [0.4, 0.5) is 4.39 Å². The van der Waals surface area contributed by atoms with E-state index >= 15 is 0 Å². The topological polar surface area (TPSA) is 81.0 Å². The molecule has 2 aliphatic rings. The molecule has 39 heavy (non-hydrogen) atoms. The van der Waals surface area contributed by atoms with Crippen LogP contribution in [0.2, 0.25) is 0 Å². The third-order valence-corrected chi connectivity index (χ3v) is 7.22. The molecule has 3 heterocycles. The van der Waals surface area contributed by atoms with Gasteiger partial charge in [-0.15, -0.1) is 0 Å². The summed E-state index contributed by atoms with van der Waals surface area (Å²) in [5.74, 6) is 1.10. The van der Waals surface area contributed by atoms with Crippen molar-refractivity contribution in [3.63, 3.8) is 0 Å². The van der Waals surface area contributed by atoms with Crippen LogP contribution in [0.5, 0.6) is 5.75 Å².